The average molecular weight is 436 g/mol. The van der Waals surface area contributed by atoms with Crippen LogP contribution in [0.1, 0.15) is 34.9 Å². The number of benzene rings is 3. The SMILES string of the molecule is CO[C@@H](c1ccccc1-c1ccc(Cl)cc1)C1CCN(c2ccc(C(=O)O)cc2)CC1. The van der Waals surface area contributed by atoms with Crippen LogP contribution >= 0.6 is 11.6 Å². The lowest BCUT2D eigenvalue weighted by Crippen LogP contribution is -2.36. The number of rotatable bonds is 6. The number of aromatic carboxylic acids is 1. The Hall–Kier alpha value is -2.82. The Kier molecular flexibility index (Phi) is 6.59. The zero-order valence-corrected chi connectivity index (χ0v) is 18.3. The van der Waals surface area contributed by atoms with Crippen molar-refractivity contribution in [1.82, 2.24) is 0 Å². The minimum atomic E-state index is -0.896. The van der Waals surface area contributed by atoms with Crippen molar-refractivity contribution in [2.45, 2.75) is 18.9 Å². The summed E-state index contributed by atoms with van der Waals surface area (Å²) in [7, 11) is 1.79. The van der Waals surface area contributed by atoms with E-state index in [2.05, 4.69) is 41.3 Å². The average Bonchev–Trinajstić information content (AvgIpc) is 2.81. The van der Waals surface area contributed by atoms with Gasteiger partial charge in [0.2, 0.25) is 0 Å². The van der Waals surface area contributed by atoms with Crippen LogP contribution < -0.4 is 4.90 Å². The van der Waals surface area contributed by atoms with E-state index in [0.29, 0.717) is 11.5 Å². The quantitative estimate of drug-likeness (QED) is 0.493. The molecule has 1 aliphatic rings. The molecule has 0 unspecified atom stereocenters. The van der Waals surface area contributed by atoms with E-state index in [-0.39, 0.29) is 6.10 Å². The minimum Gasteiger partial charge on any atom is -0.478 e. The molecule has 0 bridgehead atoms. The molecule has 0 spiro atoms. The summed E-state index contributed by atoms with van der Waals surface area (Å²) in [6, 6.07) is 23.5. The van der Waals surface area contributed by atoms with E-state index < -0.39 is 5.97 Å². The molecule has 0 amide bonds. The van der Waals surface area contributed by atoms with Crippen LogP contribution in [0.5, 0.6) is 0 Å². The Balaban J connectivity index is 1.50. The van der Waals surface area contributed by atoms with Crippen LogP contribution in [0.4, 0.5) is 5.69 Å². The molecule has 1 atom stereocenters. The molecule has 1 heterocycles. The van der Waals surface area contributed by atoms with Crippen molar-refractivity contribution in [2.75, 3.05) is 25.1 Å². The number of nitrogens with zero attached hydrogens (tertiary/aromatic N) is 1. The van der Waals surface area contributed by atoms with Crippen molar-refractivity contribution in [1.29, 1.82) is 0 Å². The van der Waals surface area contributed by atoms with Crippen molar-refractivity contribution in [3.63, 3.8) is 0 Å². The first-order valence-electron chi connectivity index (χ1n) is 10.5. The second-order valence-corrected chi connectivity index (χ2v) is 8.36. The van der Waals surface area contributed by atoms with E-state index in [9.17, 15) is 4.79 Å². The molecule has 3 aromatic rings. The Morgan fingerprint density at radius 1 is 1.00 bits per heavy atom. The third-order valence-corrected chi connectivity index (χ3v) is 6.38. The Bertz CT molecular complexity index is 1030. The van der Waals surface area contributed by atoms with Crippen molar-refractivity contribution >= 4 is 23.3 Å². The van der Waals surface area contributed by atoms with Gasteiger partial charge in [0, 0.05) is 30.9 Å². The summed E-state index contributed by atoms with van der Waals surface area (Å²) < 4.78 is 6.03. The van der Waals surface area contributed by atoms with E-state index in [1.807, 2.05) is 24.3 Å². The fourth-order valence-electron chi connectivity index (χ4n) is 4.49. The molecule has 1 N–H and O–H groups in total. The summed E-state index contributed by atoms with van der Waals surface area (Å²) >= 11 is 6.08. The molecule has 4 rings (SSSR count). The summed E-state index contributed by atoms with van der Waals surface area (Å²) in [5.74, 6) is -0.486. The van der Waals surface area contributed by atoms with Gasteiger partial charge in [0.05, 0.1) is 11.7 Å². The molecular formula is C26H26ClNO3. The molecule has 1 saturated heterocycles. The maximum atomic E-state index is 11.1. The number of ether oxygens (including phenoxy) is 1. The molecule has 160 valence electrons. The molecule has 0 aromatic heterocycles. The number of carbonyl (C=O) groups is 1. The van der Waals surface area contributed by atoms with Crippen LogP contribution in [0.3, 0.4) is 0 Å². The molecule has 0 radical (unpaired) electrons. The molecule has 0 saturated carbocycles. The third kappa shape index (κ3) is 4.76. The lowest BCUT2D eigenvalue weighted by Gasteiger charge is -2.37. The number of anilines is 1. The van der Waals surface area contributed by atoms with E-state index in [1.165, 1.54) is 11.1 Å². The van der Waals surface area contributed by atoms with Crippen LogP contribution in [0.15, 0.2) is 72.8 Å². The standard InChI is InChI=1S/C26H26ClNO3/c1-31-25(24-5-3-2-4-23(24)18-6-10-21(27)11-7-18)19-14-16-28(17-15-19)22-12-8-20(9-13-22)26(29)30/h2-13,19,25H,14-17H2,1H3,(H,29,30)/t25-/m1/s1. The lowest BCUT2D eigenvalue weighted by atomic mass is 9.84. The number of piperidine rings is 1. The second-order valence-electron chi connectivity index (χ2n) is 7.93. The maximum Gasteiger partial charge on any atom is 0.335 e. The van der Waals surface area contributed by atoms with E-state index in [1.54, 1.807) is 19.2 Å². The summed E-state index contributed by atoms with van der Waals surface area (Å²) in [4.78, 5) is 13.4. The van der Waals surface area contributed by atoms with Crippen LogP contribution in [-0.2, 0) is 4.74 Å². The normalized spacial score (nSPS) is 15.6. The van der Waals surface area contributed by atoms with Crippen LogP contribution in [-0.4, -0.2) is 31.3 Å². The zero-order valence-electron chi connectivity index (χ0n) is 17.5. The van der Waals surface area contributed by atoms with Crippen LogP contribution in [0.2, 0.25) is 5.02 Å². The van der Waals surface area contributed by atoms with Crippen molar-refractivity contribution in [3.05, 3.63) is 88.9 Å². The summed E-state index contributed by atoms with van der Waals surface area (Å²) in [6.45, 7) is 1.83. The highest BCUT2D eigenvalue weighted by atomic mass is 35.5. The lowest BCUT2D eigenvalue weighted by molar-refractivity contribution is 0.0413. The maximum absolute atomic E-state index is 11.1. The van der Waals surface area contributed by atoms with Gasteiger partial charge in [0.25, 0.3) is 0 Å². The summed E-state index contributed by atoms with van der Waals surface area (Å²) in [6.07, 6.45) is 2.03. The molecular weight excluding hydrogens is 410 g/mol. The largest absolute Gasteiger partial charge is 0.478 e. The topological polar surface area (TPSA) is 49.8 Å². The fraction of sp³-hybridized carbons (Fsp3) is 0.269. The molecule has 0 aliphatic carbocycles. The fourth-order valence-corrected chi connectivity index (χ4v) is 4.61. The first-order chi connectivity index (χ1) is 15.1. The molecule has 5 heteroatoms. The molecule has 1 aliphatic heterocycles. The van der Waals surface area contributed by atoms with Gasteiger partial charge in [-0.05, 0) is 71.8 Å². The number of hydrogen-bond acceptors (Lipinski definition) is 3. The van der Waals surface area contributed by atoms with Gasteiger partial charge in [-0.2, -0.15) is 0 Å². The van der Waals surface area contributed by atoms with Crippen molar-refractivity contribution in [2.24, 2.45) is 5.92 Å². The van der Waals surface area contributed by atoms with Gasteiger partial charge in [0.15, 0.2) is 0 Å². The molecule has 1 fully saturated rings. The number of halogens is 1. The highest BCUT2D eigenvalue weighted by Crippen LogP contribution is 2.39. The highest BCUT2D eigenvalue weighted by molar-refractivity contribution is 6.30. The van der Waals surface area contributed by atoms with Gasteiger partial charge in [-0.25, -0.2) is 4.79 Å². The number of carboxylic acids is 1. The molecule has 4 nitrogen and oxygen atoms in total. The number of carboxylic acid groups (broad SMARTS) is 1. The van der Waals surface area contributed by atoms with Crippen molar-refractivity contribution in [3.8, 4) is 11.1 Å². The first-order valence-corrected chi connectivity index (χ1v) is 10.9. The summed E-state index contributed by atoms with van der Waals surface area (Å²) in [5, 5.41) is 9.83. The second kappa shape index (κ2) is 9.54. The van der Waals surface area contributed by atoms with E-state index in [4.69, 9.17) is 21.4 Å². The smallest absolute Gasteiger partial charge is 0.335 e. The van der Waals surface area contributed by atoms with Crippen LogP contribution in [0, 0.1) is 5.92 Å². The Labute approximate surface area is 188 Å². The number of hydrogen-bond donors (Lipinski definition) is 1. The summed E-state index contributed by atoms with van der Waals surface area (Å²) in [5.41, 5.74) is 4.91. The predicted octanol–water partition coefficient (Wildman–Crippen LogP) is 6.31. The first kappa shape index (κ1) is 21.4. The predicted molar refractivity (Wildman–Crippen MR) is 125 cm³/mol. The number of methoxy groups -OCH3 is 1. The van der Waals surface area contributed by atoms with Gasteiger partial charge in [-0.3, -0.25) is 0 Å². The van der Waals surface area contributed by atoms with E-state index in [0.717, 1.165) is 42.2 Å². The van der Waals surface area contributed by atoms with E-state index >= 15 is 0 Å². The zero-order chi connectivity index (χ0) is 21.8. The highest BCUT2D eigenvalue weighted by Gasteiger charge is 2.29. The molecule has 3 aromatic carbocycles. The van der Waals surface area contributed by atoms with Gasteiger partial charge in [0.1, 0.15) is 0 Å². The Morgan fingerprint density at radius 2 is 1.65 bits per heavy atom. The molecule has 31 heavy (non-hydrogen) atoms. The Morgan fingerprint density at radius 3 is 2.26 bits per heavy atom. The third-order valence-electron chi connectivity index (χ3n) is 6.12. The van der Waals surface area contributed by atoms with Gasteiger partial charge in [-0.1, -0.05) is 48.0 Å². The van der Waals surface area contributed by atoms with Crippen LogP contribution in [0.25, 0.3) is 11.1 Å². The van der Waals surface area contributed by atoms with Crippen molar-refractivity contribution < 1.29 is 14.6 Å². The van der Waals surface area contributed by atoms with Gasteiger partial charge in [-0.15, -0.1) is 0 Å². The van der Waals surface area contributed by atoms with Gasteiger partial charge >= 0.3 is 5.97 Å². The minimum absolute atomic E-state index is 0.0171. The van der Waals surface area contributed by atoms with Gasteiger partial charge < -0.3 is 14.7 Å². The monoisotopic (exact) mass is 435 g/mol.